The van der Waals surface area contributed by atoms with E-state index in [1.807, 2.05) is 31.2 Å². The van der Waals surface area contributed by atoms with Gasteiger partial charge in [0.05, 0.1) is 18.7 Å². The van der Waals surface area contributed by atoms with Crippen molar-refractivity contribution in [1.29, 1.82) is 0 Å². The van der Waals surface area contributed by atoms with E-state index >= 15 is 0 Å². The fourth-order valence-corrected chi connectivity index (χ4v) is 4.59. The molecular weight excluding hydrogens is 440 g/mol. The van der Waals surface area contributed by atoms with Gasteiger partial charge in [-0.25, -0.2) is 0 Å². The molecule has 35 heavy (non-hydrogen) atoms. The normalized spacial score (nSPS) is 17.9. The lowest BCUT2D eigenvalue weighted by atomic mass is 9.85. The number of ether oxygens (including phenoxy) is 1. The average molecular weight is 479 g/mol. The number of nitrogens with zero attached hydrogens (tertiary/aromatic N) is 2. The monoisotopic (exact) mass is 478 g/mol. The molecule has 1 heterocycles. The number of aliphatic hydroxyl groups excluding tert-OH is 1. The molecule has 1 amide bonds. The summed E-state index contributed by atoms with van der Waals surface area (Å²) in [5.41, 5.74) is 3.39. The van der Waals surface area contributed by atoms with E-state index in [0.717, 1.165) is 29.8 Å². The van der Waals surface area contributed by atoms with E-state index in [4.69, 9.17) is 4.74 Å². The number of benzene rings is 2. The van der Waals surface area contributed by atoms with Gasteiger partial charge in [-0.1, -0.05) is 58.9 Å². The van der Waals surface area contributed by atoms with Crippen LogP contribution in [-0.4, -0.2) is 59.9 Å². The van der Waals surface area contributed by atoms with Gasteiger partial charge < -0.3 is 19.6 Å². The Balaban J connectivity index is 2.13. The fourth-order valence-electron chi connectivity index (χ4n) is 4.59. The Bertz CT molecular complexity index is 1110. The van der Waals surface area contributed by atoms with Crippen LogP contribution in [0.3, 0.4) is 0 Å². The first-order valence-corrected chi connectivity index (χ1v) is 12.3. The van der Waals surface area contributed by atoms with Gasteiger partial charge in [-0.3, -0.25) is 9.59 Å². The van der Waals surface area contributed by atoms with E-state index in [9.17, 15) is 14.7 Å². The number of aryl methyl sites for hydroxylation is 1. The van der Waals surface area contributed by atoms with Crippen LogP contribution in [0.4, 0.5) is 0 Å². The van der Waals surface area contributed by atoms with Crippen LogP contribution in [0, 0.1) is 6.92 Å². The first-order valence-electron chi connectivity index (χ1n) is 12.3. The molecule has 6 nitrogen and oxygen atoms in total. The molecule has 2 aromatic carbocycles. The van der Waals surface area contributed by atoms with Crippen LogP contribution in [-0.2, 0) is 15.0 Å². The Morgan fingerprint density at radius 2 is 1.69 bits per heavy atom. The van der Waals surface area contributed by atoms with Crippen molar-refractivity contribution < 1.29 is 19.4 Å². The minimum atomic E-state index is -0.652. The lowest BCUT2D eigenvalue weighted by Crippen LogP contribution is -2.38. The molecule has 6 heteroatoms. The van der Waals surface area contributed by atoms with Gasteiger partial charge in [0.1, 0.15) is 11.5 Å². The Labute approximate surface area is 209 Å². The van der Waals surface area contributed by atoms with Crippen LogP contribution in [0.5, 0.6) is 5.75 Å². The second-order valence-corrected chi connectivity index (χ2v) is 10.1. The van der Waals surface area contributed by atoms with E-state index in [2.05, 4.69) is 39.5 Å². The van der Waals surface area contributed by atoms with Crippen LogP contribution in [0.15, 0.2) is 48.0 Å². The summed E-state index contributed by atoms with van der Waals surface area (Å²) in [6.45, 7) is 15.2. The van der Waals surface area contributed by atoms with E-state index in [1.54, 1.807) is 30.2 Å². The number of aliphatic hydroxyl groups is 1. The number of rotatable bonds is 8. The predicted octanol–water partition coefficient (Wildman–Crippen LogP) is 5.06. The summed E-state index contributed by atoms with van der Waals surface area (Å²) in [4.78, 5) is 30.3. The number of likely N-dealkylation sites (tertiary alicyclic amines) is 1. The first-order chi connectivity index (χ1) is 16.5. The van der Waals surface area contributed by atoms with Crippen molar-refractivity contribution in [3.63, 3.8) is 0 Å². The van der Waals surface area contributed by atoms with E-state index in [0.29, 0.717) is 24.4 Å². The SMILES string of the molecule is CCN(CC)CCN1C(=O)C(=O)/C(=C(/O)c2ccc(OC)c(C)c2)[C@@H]1c1ccc(C(C)(C)C)cc1. The fraction of sp³-hybridized carbons (Fsp3) is 0.448. The third-order valence-corrected chi connectivity index (χ3v) is 6.85. The molecule has 0 aromatic heterocycles. The number of carbonyl (C=O) groups is 2. The Kier molecular flexibility index (Phi) is 8.06. The van der Waals surface area contributed by atoms with Gasteiger partial charge in [0.2, 0.25) is 0 Å². The Morgan fingerprint density at radius 1 is 1.06 bits per heavy atom. The Hall–Kier alpha value is -3.12. The second kappa shape index (κ2) is 10.6. The zero-order valence-corrected chi connectivity index (χ0v) is 22.0. The molecule has 1 fully saturated rings. The molecule has 1 N–H and O–H groups in total. The molecule has 0 unspecified atom stereocenters. The summed E-state index contributed by atoms with van der Waals surface area (Å²) in [7, 11) is 1.59. The van der Waals surface area contributed by atoms with Gasteiger partial charge in [-0.05, 0) is 60.3 Å². The van der Waals surface area contributed by atoms with Crippen LogP contribution in [0.1, 0.15) is 62.9 Å². The summed E-state index contributed by atoms with van der Waals surface area (Å²) in [6, 6.07) is 12.6. The molecule has 0 aliphatic carbocycles. The van der Waals surface area contributed by atoms with Crippen LogP contribution >= 0.6 is 0 Å². The first kappa shape index (κ1) is 26.5. The number of amides is 1. The molecule has 0 spiro atoms. The molecule has 0 bridgehead atoms. The van der Waals surface area contributed by atoms with Crippen molar-refractivity contribution in [2.45, 2.75) is 53.0 Å². The molecule has 1 aliphatic rings. The Morgan fingerprint density at radius 3 is 2.20 bits per heavy atom. The van der Waals surface area contributed by atoms with Crippen molar-refractivity contribution in [1.82, 2.24) is 9.80 Å². The number of hydrogen-bond donors (Lipinski definition) is 1. The number of hydrogen-bond acceptors (Lipinski definition) is 5. The molecule has 2 aromatic rings. The highest BCUT2D eigenvalue weighted by Gasteiger charge is 2.46. The number of likely N-dealkylation sites (N-methyl/N-ethyl adjacent to an activating group) is 1. The zero-order chi connectivity index (χ0) is 25.9. The van der Waals surface area contributed by atoms with Crippen molar-refractivity contribution in [2.24, 2.45) is 0 Å². The van der Waals surface area contributed by atoms with Gasteiger partial charge in [0.25, 0.3) is 11.7 Å². The number of ketones is 1. The third-order valence-electron chi connectivity index (χ3n) is 6.85. The molecular formula is C29H38N2O4. The number of methoxy groups -OCH3 is 1. The van der Waals surface area contributed by atoms with E-state index in [1.165, 1.54) is 0 Å². The molecule has 0 saturated carbocycles. The van der Waals surface area contributed by atoms with Gasteiger partial charge >= 0.3 is 0 Å². The minimum absolute atomic E-state index is 0.0241. The molecule has 188 valence electrons. The molecule has 0 radical (unpaired) electrons. The molecule has 1 atom stereocenters. The highest BCUT2D eigenvalue weighted by Crippen LogP contribution is 2.40. The summed E-state index contributed by atoms with van der Waals surface area (Å²) in [5, 5.41) is 11.3. The average Bonchev–Trinajstić information content (AvgIpc) is 3.08. The summed E-state index contributed by atoms with van der Waals surface area (Å²) in [6.07, 6.45) is 0. The quantitative estimate of drug-likeness (QED) is 0.326. The largest absolute Gasteiger partial charge is 0.507 e. The van der Waals surface area contributed by atoms with Crippen molar-refractivity contribution in [3.8, 4) is 5.75 Å². The van der Waals surface area contributed by atoms with E-state index < -0.39 is 17.7 Å². The topological polar surface area (TPSA) is 70.1 Å². The maximum absolute atomic E-state index is 13.3. The molecule has 1 aliphatic heterocycles. The molecule has 1 saturated heterocycles. The number of carbonyl (C=O) groups excluding carboxylic acids is 2. The second-order valence-electron chi connectivity index (χ2n) is 10.1. The minimum Gasteiger partial charge on any atom is -0.507 e. The van der Waals surface area contributed by atoms with Gasteiger partial charge in [-0.15, -0.1) is 0 Å². The molecule has 3 rings (SSSR count). The maximum Gasteiger partial charge on any atom is 0.295 e. The zero-order valence-electron chi connectivity index (χ0n) is 22.0. The van der Waals surface area contributed by atoms with Gasteiger partial charge in [0.15, 0.2) is 0 Å². The van der Waals surface area contributed by atoms with Crippen molar-refractivity contribution in [2.75, 3.05) is 33.3 Å². The third kappa shape index (κ3) is 5.43. The highest BCUT2D eigenvalue weighted by molar-refractivity contribution is 6.46. The van der Waals surface area contributed by atoms with Crippen molar-refractivity contribution in [3.05, 3.63) is 70.3 Å². The van der Waals surface area contributed by atoms with Crippen LogP contribution in [0.25, 0.3) is 5.76 Å². The van der Waals surface area contributed by atoms with Gasteiger partial charge in [0, 0.05) is 18.7 Å². The van der Waals surface area contributed by atoms with E-state index in [-0.39, 0.29) is 16.7 Å². The van der Waals surface area contributed by atoms with Crippen LogP contribution in [0.2, 0.25) is 0 Å². The predicted molar refractivity (Wildman–Crippen MR) is 140 cm³/mol. The highest BCUT2D eigenvalue weighted by atomic mass is 16.5. The van der Waals surface area contributed by atoms with Crippen LogP contribution < -0.4 is 4.74 Å². The van der Waals surface area contributed by atoms with Crippen molar-refractivity contribution >= 4 is 17.4 Å². The summed E-state index contributed by atoms with van der Waals surface area (Å²) in [5.74, 6) is -0.700. The lowest BCUT2D eigenvalue weighted by Gasteiger charge is -2.28. The number of Topliss-reactive ketones (excluding diaryl/α,β-unsaturated/α-hetero) is 1. The summed E-state index contributed by atoms with van der Waals surface area (Å²) >= 11 is 0. The smallest absolute Gasteiger partial charge is 0.295 e. The standard InChI is InChI=1S/C29H38N2O4/c1-8-30(9-2)16-17-31-25(20-10-13-22(14-11-20)29(4,5)6)24(27(33)28(31)34)26(32)21-12-15-23(35-7)19(3)18-21/h10-15,18,25,32H,8-9,16-17H2,1-7H3/b26-24+/t25-/m0/s1. The van der Waals surface area contributed by atoms with Gasteiger partial charge in [-0.2, -0.15) is 0 Å². The maximum atomic E-state index is 13.3. The summed E-state index contributed by atoms with van der Waals surface area (Å²) < 4.78 is 5.33. The lowest BCUT2D eigenvalue weighted by molar-refractivity contribution is -0.140.